The van der Waals surface area contributed by atoms with Gasteiger partial charge in [0.2, 0.25) is 0 Å². The molecule has 0 radical (unpaired) electrons. The maximum absolute atomic E-state index is 8.92. The van der Waals surface area contributed by atoms with Crippen molar-refractivity contribution in [1.82, 2.24) is 0 Å². The van der Waals surface area contributed by atoms with Gasteiger partial charge >= 0.3 is 0 Å². The van der Waals surface area contributed by atoms with Gasteiger partial charge in [-0.15, -0.1) is 0 Å². The zero-order chi connectivity index (χ0) is 12.9. The summed E-state index contributed by atoms with van der Waals surface area (Å²) in [6, 6.07) is 8.92. The van der Waals surface area contributed by atoms with Crippen molar-refractivity contribution < 1.29 is 9.22 Å². The Bertz CT molecular complexity index is 475. The summed E-state index contributed by atoms with van der Waals surface area (Å²) in [5, 5.41) is 17.7. The normalized spacial score (nSPS) is 10.4. The smallest absolute Gasteiger partial charge is 0.138 e. The van der Waals surface area contributed by atoms with E-state index >= 15 is 0 Å². The zero-order valence-corrected chi connectivity index (χ0v) is 10.4. The summed E-state index contributed by atoms with van der Waals surface area (Å²) in [5.74, 6) is 0.486. The predicted octanol–water partition coefficient (Wildman–Crippen LogP) is 1.51. The van der Waals surface area contributed by atoms with Gasteiger partial charge in [0, 0.05) is 0 Å². The van der Waals surface area contributed by atoms with Crippen molar-refractivity contribution in [2.75, 3.05) is 34.3 Å². The number of hydrogen-bond donors (Lipinski definition) is 0. The molecule has 0 bridgehead atoms. The quantitative estimate of drug-likeness (QED) is 0.737. The Morgan fingerprint density at radius 2 is 1.88 bits per heavy atom. The molecule has 0 aliphatic carbocycles. The van der Waals surface area contributed by atoms with Crippen molar-refractivity contribution in [2.24, 2.45) is 0 Å². The first-order chi connectivity index (χ1) is 7.96. The number of ether oxygens (including phenoxy) is 1. The van der Waals surface area contributed by atoms with Crippen molar-refractivity contribution in [3.05, 3.63) is 29.3 Å². The third-order valence-electron chi connectivity index (χ3n) is 2.25. The van der Waals surface area contributed by atoms with Crippen LogP contribution in [0.2, 0.25) is 0 Å². The minimum absolute atomic E-state index is 0.463. The SMILES string of the molecule is C[N+](C)(C)CCOc1cc(C#N)ccc1C#N. The average Bonchev–Trinajstić information content (AvgIpc) is 2.27. The number of nitriles is 2. The summed E-state index contributed by atoms with van der Waals surface area (Å²) < 4.78 is 6.35. The molecule has 4 heteroatoms. The molecule has 0 aliphatic rings. The second-order valence-corrected chi connectivity index (χ2v) is 4.80. The number of rotatable bonds is 4. The van der Waals surface area contributed by atoms with Crippen molar-refractivity contribution in [1.29, 1.82) is 10.5 Å². The molecule has 0 saturated heterocycles. The minimum atomic E-state index is 0.463. The Balaban J connectivity index is 2.76. The summed E-state index contributed by atoms with van der Waals surface area (Å²) in [5.41, 5.74) is 0.967. The monoisotopic (exact) mass is 230 g/mol. The molecular formula is C13H16N3O+. The van der Waals surface area contributed by atoms with Crippen molar-refractivity contribution in [2.45, 2.75) is 0 Å². The van der Waals surface area contributed by atoms with Crippen molar-refractivity contribution in [3.63, 3.8) is 0 Å². The molecule has 0 spiro atoms. The van der Waals surface area contributed by atoms with Gasteiger partial charge in [-0.05, 0) is 18.2 Å². The maximum atomic E-state index is 8.92. The van der Waals surface area contributed by atoms with E-state index in [0.29, 0.717) is 23.5 Å². The van der Waals surface area contributed by atoms with Crippen LogP contribution in [0, 0.1) is 22.7 Å². The molecule has 4 nitrogen and oxygen atoms in total. The summed E-state index contributed by atoms with van der Waals surface area (Å²) in [6.45, 7) is 1.36. The lowest BCUT2D eigenvalue weighted by Crippen LogP contribution is -2.38. The molecule has 1 aromatic carbocycles. The van der Waals surface area contributed by atoms with Crippen LogP contribution in [0.1, 0.15) is 11.1 Å². The average molecular weight is 230 g/mol. The van der Waals surface area contributed by atoms with Crippen LogP contribution in [-0.4, -0.2) is 38.8 Å². The third kappa shape index (κ3) is 4.14. The Kier molecular flexibility index (Phi) is 4.09. The molecule has 0 fully saturated rings. The second-order valence-electron chi connectivity index (χ2n) is 4.80. The highest BCUT2D eigenvalue weighted by Gasteiger charge is 2.09. The van der Waals surface area contributed by atoms with Crippen LogP contribution in [0.25, 0.3) is 0 Å². The van der Waals surface area contributed by atoms with Crippen molar-refractivity contribution >= 4 is 0 Å². The molecule has 17 heavy (non-hydrogen) atoms. The molecule has 0 amide bonds. The highest BCUT2D eigenvalue weighted by molar-refractivity contribution is 5.48. The summed E-state index contributed by atoms with van der Waals surface area (Å²) in [4.78, 5) is 0. The van der Waals surface area contributed by atoms with Crippen LogP contribution < -0.4 is 4.74 Å². The van der Waals surface area contributed by atoms with Gasteiger partial charge in [-0.3, -0.25) is 0 Å². The lowest BCUT2D eigenvalue weighted by Gasteiger charge is -2.23. The topological polar surface area (TPSA) is 56.8 Å². The van der Waals surface area contributed by atoms with E-state index in [1.807, 2.05) is 6.07 Å². The Morgan fingerprint density at radius 1 is 1.18 bits per heavy atom. The molecule has 0 aromatic heterocycles. The van der Waals surface area contributed by atoms with E-state index in [0.717, 1.165) is 11.0 Å². The minimum Gasteiger partial charge on any atom is -0.486 e. The van der Waals surface area contributed by atoms with Crippen LogP contribution in [-0.2, 0) is 0 Å². The molecule has 0 atom stereocenters. The second kappa shape index (κ2) is 5.34. The van der Waals surface area contributed by atoms with Gasteiger partial charge in [0.05, 0.1) is 38.3 Å². The van der Waals surface area contributed by atoms with Gasteiger partial charge in [-0.1, -0.05) is 0 Å². The number of nitrogens with zero attached hydrogens (tertiary/aromatic N) is 3. The molecule has 0 N–H and O–H groups in total. The largest absolute Gasteiger partial charge is 0.486 e. The molecule has 0 heterocycles. The van der Waals surface area contributed by atoms with Crippen LogP contribution in [0.3, 0.4) is 0 Å². The van der Waals surface area contributed by atoms with E-state index in [1.165, 1.54) is 0 Å². The fourth-order valence-electron chi connectivity index (χ4n) is 1.23. The summed E-state index contributed by atoms with van der Waals surface area (Å²) in [7, 11) is 6.21. The van der Waals surface area contributed by atoms with E-state index in [2.05, 4.69) is 27.2 Å². The molecular weight excluding hydrogens is 214 g/mol. The van der Waals surface area contributed by atoms with E-state index in [4.69, 9.17) is 15.3 Å². The summed E-state index contributed by atoms with van der Waals surface area (Å²) >= 11 is 0. The van der Waals surface area contributed by atoms with Gasteiger partial charge in [0.1, 0.15) is 25.0 Å². The van der Waals surface area contributed by atoms with Gasteiger partial charge < -0.3 is 9.22 Å². The van der Waals surface area contributed by atoms with Crippen LogP contribution in [0.5, 0.6) is 5.75 Å². The van der Waals surface area contributed by atoms with Crippen molar-refractivity contribution in [3.8, 4) is 17.9 Å². The molecule has 1 rings (SSSR count). The Hall–Kier alpha value is -2.04. The molecule has 0 unspecified atom stereocenters. The molecule has 1 aromatic rings. The lowest BCUT2D eigenvalue weighted by atomic mass is 10.1. The van der Waals surface area contributed by atoms with Gasteiger partial charge in [-0.25, -0.2) is 0 Å². The van der Waals surface area contributed by atoms with E-state index < -0.39 is 0 Å². The fourth-order valence-corrected chi connectivity index (χ4v) is 1.23. The Morgan fingerprint density at radius 3 is 2.41 bits per heavy atom. The number of benzene rings is 1. The molecule has 0 aliphatic heterocycles. The van der Waals surface area contributed by atoms with Gasteiger partial charge in [0.25, 0.3) is 0 Å². The van der Waals surface area contributed by atoms with Crippen LogP contribution in [0.15, 0.2) is 18.2 Å². The van der Waals surface area contributed by atoms with Gasteiger partial charge in [0.15, 0.2) is 0 Å². The lowest BCUT2D eigenvalue weighted by molar-refractivity contribution is -0.870. The zero-order valence-electron chi connectivity index (χ0n) is 10.4. The first kappa shape index (κ1) is 13.0. The number of hydrogen-bond acceptors (Lipinski definition) is 3. The van der Waals surface area contributed by atoms with E-state index in [9.17, 15) is 0 Å². The van der Waals surface area contributed by atoms with Crippen LogP contribution in [0.4, 0.5) is 0 Å². The van der Waals surface area contributed by atoms with E-state index in [-0.39, 0.29) is 0 Å². The number of likely N-dealkylation sites (N-methyl/N-ethyl adjacent to an activating group) is 1. The maximum Gasteiger partial charge on any atom is 0.138 e. The fraction of sp³-hybridized carbons (Fsp3) is 0.385. The predicted molar refractivity (Wildman–Crippen MR) is 64.3 cm³/mol. The molecule has 0 saturated carbocycles. The Labute approximate surface area is 102 Å². The first-order valence-electron chi connectivity index (χ1n) is 5.34. The summed E-state index contributed by atoms with van der Waals surface area (Å²) in [6.07, 6.45) is 0. The van der Waals surface area contributed by atoms with Crippen LogP contribution >= 0.6 is 0 Å². The highest BCUT2D eigenvalue weighted by Crippen LogP contribution is 2.19. The molecule has 88 valence electrons. The van der Waals surface area contributed by atoms with Gasteiger partial charge in [-0.2, -0.15) is 10.5 Å². The number of quaternary nitrogens is 1. The first-order valence-corrected chi connectivity index (χ1v) is 5.34. The third-order valence-corrected chi connectivity index (χ3v) is 2.25. The van der Waals surface area contributed by atoms with E-state index in [1.54, 1.807) is 18.2 Å². The standard InChI is InChI=1S/C13H16N3O/c1-16(2,3)6-7-17-13-8-11(9-14)4-5-12(13)10-15/h4-5,8H,6-7H2,1-3H3/q+1. The highest BCUT2D eigenvalue weighted by atomic mass is 16.5.